The van der Waals surface area contributed by atoms with E-state index in [1.54, 1.807) is 0 Å². The maximum Gasteiger partial charge on any atom is 0.342 e. The van der Waals surface area contributed by atoms with Crippen LogP contribution in [-0.2, 0) is 4.74 Å². The third-order valence-corrected chi connectivity index (χ3v) is 1.59. The molecular weight excluding hydrogens is 201 g/mol. The SMILES string of the molecule is COC(=O)c1cc(OC(C)C)cnc1F. The minimum Gasteiger partial charge on any atom is -0.489 e. The lowest BCUT2D eigenvalue weighted by atomic mass is 10.2. The molecule has 0 spiro atoms. The molecule has 15 heavy (non-hydrogen) atoms. The molecule has 0 aliphatic rings. The van der Waals surface area contributed by atoms with E-state index in [2.05, 4.69) is 9.72 Å². The van der Waals surface area contributed by atoms with Gasteiger partial charge in [-0.25, -0.2) is 9.78 Å². The van der Waals surface area contributed by atoms with Crippen LogP contribution in [0.15, 0.2) is 12.3 Å². The summed E-state index contributed by atoms with van der Waals surface area (Å²) in [5.74, 6) is -1.29. The van der Waals surface area contributed by atoms with Gasteiger partial charge in [0.05, 0.1) is 19.4 Å². The monoisotopic (exact) mass is 213 g/mol. The zero-order valence-electron chi connectivity index (χ0n) is 8.78. The number of methoxy groups -OCH3 is 1. The number of halogens is 1. The van der Waals surface area contributed by atoms with Gasteiger partial charge in [0.1, 0.15) is 11.3 Å². The highest BCUT2D eigenvalue weighted by atomic mass is 19.1. The standard InChI is InChI=1S/C10H12FNO3/c1-6(2)15-7-4-8(10(13)14-3)9(11)12-5-7/h4-6H,1-3H3. The van der Waals surface area contributed by atoms with Crippen molar-refractivity contribution in [2.24, 2.45) is 0 Å². The van der Waals surface area contributed by atoms with Gasteiger partial charge in [0, 0.05) is 6.07 Å². The summed E-state index contributed by atoms with van der Waals surface area (Å²) in [5, 5.41) is 0. The number of pyridine rings is 1. The van der Waals surface area contributed by atoms with Gasteiger partial charge in [0.2, 0.25) is 5.95 Å². The predicted octanol–water partition coefficient (Wildman–Crippen LogP) is 1.79. The molecule has 1 aromatic heterocycles. The highest BCUT2D eigenvalue weighted by molar-refractivity contribution is 5.89. The summed E-state index contributed by atoms with van der Waals surface area (Å²) >= 11 is 0. The maximum absolute atomic E-state index is 13.1. The van der Waals surface area contributed by atoms with Gasteiger partial charge in [-0.3, -0.25) is 0 Å². The normalized spacial score (nSPS) is 10.2. The number of nitrogens with zero attached hydrogens (tertiary/aromatic N) is 1. The third kappa shape index (κ3) is 2.90. The highest BCUT2D eigenvalue weighted by Crippen LogP contribution is 2.16. The lowest BCUT2D eigenvalue weighted by Gasteiger charge is -2.09. The second kappa shape index (κ2) is 4.72. The molecule has 0 aromatic carbocycles. The molecule has 1 aromatic rings. The highest BCUT2D eigenvalue weighted by Gasteiger charge is 2.14. The number of aromatic nitrogens is 1. The average molecular weight is 213 g/mol. The van der Waals surface area contributed by atoms with Gasteiger partial charge in [0.25, 0.3) is 0 Å². The molecule has 0 bridgehead atoms. The van der Waals surface area contributed by atoms with Crippen LogP contribution in [0.4, 0.5) is 4.39 Å². The molecule has 82 valence electrons. The molecule has 0 radical (unpaired) electrons. The first-order valence-electron chi connectivity index (χ1n) is 4.45. The van der Waals surface area contributed by atoms with Crippen LogP contribution in [0.5, 0.6) is 5.75 Å². The second-order valence-electron chi connectivity index (χ2n) is 3.17. The number of carbonyl (C=O) groups excluding carboxylic acids is 1. The lowest BCUT2D eigenvalue weighted by Crippen LogP contribution is -2.10. The Labute approximate surface area is 87.0 Å². The number of esters is 1. The van der Waals surface area contributed by atoms with Crippen LogP contribution >= 0.6 is 0 Å². The van der Waals surface area contributed by atoms with Crippen LogP contribution in [0.2, 0.25) is 0 Å². The Balaban J connectivity index is 3.00. The van der Waals surface area contributed by atoms with E-state index in [-0.39, 0.29) is 11.7 Å². The molecule has 0 saturated carbocycles. The van der Waals surface area contributed by atoms with Crippen molar-refractivity contribution in [3.63, 3.8) is 0 Å². The van der Waals surface area contributed by atoms with E-state index in [4.69, 9.17) is 4.74 Å². The second-order valence-corrected chi connectivity index (χ2v) is 3.17. The molecule has 1 heterocycles. The molecule has 0 aliphatic heterocycles. The summed E-state index contributed by atoms with van der Waals surface area (Å²) in [6, 6.07) is 1.27. The van der Waals surface area contributed by atoms with E-state index in [1.165, 1.54) is 19.4 Å². The topological polar surface area (TPSA) is 48.4 Å². The van der Waals surface area contributed by atoms with Crippen LogP contribution in [0.3, 0.4) is 0 Å². The molecule has 0 unspecified atom stereocenters. The van der Waals surface area contributed by atoms with E-state index in [9.17, 15) is 9.18 Å². The quantitative estimate of drug-likeness (QED) is 0.567. The van der Waals surface area contributed by atoms with Gasteiger partial charge in [-0.2, -0.15) is 4.39 Å². The van der Waals surface area contributed by atoms with Crippen LogP contribution in [0, 0.1) is 5.95 Å². The largest absolute Gasteiger partial charge is 0.489 e. The third-order valence-electron chi connectivity index (χ3n) is 1.59. The molecule has 0 fully saturated rings. The van der Waals surface area contributed by atoms with E-state index in [0.29, 0.717) is 5.75 Å². The molecule has 0 N–H and O–H groups in total. The Hall–Kier alpha value is -1.65. The van der Waals surface area contributed by atoms with Crippen molar-refractivity contribution >= 4 is 5.97 Å². The molecule has 0 atom stereocenters. The summed E-state index contributed by atoms with van der Waals surface area (Å²) in [4.78, 5) is 14.5. The molecule has 5 heteroatoms. The van der Waals surface area contributed by atoms with Crippen molar-refractivity contribution in [1.82, 2.24) is 4.98 Å². The summed E-state index contributed by atoms with van der Waals surface area (Å²) < 4.78 is 22.7. The fourth-order valence-corrected chi connectivity index (χ4v) is 1.02. The van der Waals surface area contributed by atoms with Gasteiger partial charge < -0.3 is 9.47 Å². The minimum atomic E-state index is -0.863. The molecular formula is C10H12FNO3. The van der Waals surface area contributed by atoms with E-state index >= 15 is 0 Å². The first-order chi connectivity index (χ1) is 7.04. The average Bonchev–Trinajstić information content (AvgIpc) is 2.19. The minimum absolute atomic E-state index is 0.0669. The van der Waals surface area contributed by atoms with Crippen molar-refractivity contribution in [1.29, 1.82) is 0 Å². The van der Waals surface area contributed by atoms with Crippen LogP contribution in [-0.4, -0.2) is 24.2 Å². The van der Waals surface area contributed by atoms with Crippen LogP contribution < -0.4 is 4.74 Å². The zero-order valence-corrected chi connectivity index (χ0v) is 8.78. The van der Waals surface area contributed by atoms with E-state index in [1.807, 2.05) is 13.8 Å². The fourth-order valence-electron chi connectivity index (χ4n) is 1.02. The molecule has 1 rings (SSSR count). The Bertz CT molecular complexity index is 366. The smallest absolute Gasteiger partial charge is 0.342 e. The summed E-state index contributed by atoms with van der Waals surface area (Å²) in [6.45, 7) is 3.64. The number of hydrogen-bond acceptors (Lipinski definition) is 4. The van der Waals surface area contributed by atoms with Gasteiger partial charge in [0.15, 0.2) is 0 Å². The van der Waals surface area contributed by atoms with Crippen LogP contribution in [0.25, 0.3) is 0 Å². The van der Waals surface area contributed by atoms with Crippen molar-refractivity contribution in [3.05, 3.63) is 23.8 Å². The molecule has 0 saturated heterocycles. The van der Waals surface area contributed by atoms with Gasteiger partial charge >= 0.3 is 5.97 Å². The van der Waals surface area contributed by atoms with Gasteiger partial charge in [-0.15, -0.1) is 0 Å². The predicted molar refractivity (Wildman–Crippen MR) is 51.3 cm³/mol. The summed E-state index contributed by atoms with van der Waals surface area (Å²) in [6.07, 6.45) is 1.16. The Morgan fingerprint density at radius 2 is 2.20 bits per heavy atom. The summed E-state index contributed by atoms with van der Waals surface area (Å²) in [5.41, 5.74) is -0.226. The van der Waals surface area contributed by atoms with E-state index in [0.717, 1.165) is 0 Å². The first-order valence-corrected chi connectivity index (χ1v) is 4.45. The van der Waals surface area contributed by atoms with Gasteiger partial charge in [-0.05, 0) is 13.8 Å². The molecule has 4 nitrogen and oxygen atoms in total. The Morgan fingerprint density at radius 1 is 1.53 bits per heavy atom. The number of ether oxygens (including phenoxy) is 2. The summed E-state index contributed by atoms with van der Waals surface area (Å²) in [7, 11) is 1.18. The number of rotatable bonds is 3. The van der Waals surface area contributed by atoms with Gasteiger partial charge in [-0.1, -0.05) is 0 Å². The maximum atomic E-state index is 13.1. The van der Waals surface area contributed by atoms with Crippen molar-refractivity contribution in [2.45, 2.75) is 20.0 Å². The van der Waals surface area contributed by atoms with Crippen LogP contribution in [0.1, 0.15) is 24.2 Å². The number of hydrogen-bond donors (Lipinski definition) is 0. The van der Waals surface area contributed by atoms with Crippen molar-refractivity contribution in [3.8, 4) is 5.75 Å². The first kappa shape index (κ1) is 11.4. The van der Waals surface area contributed by atoms with Crippen molar-refractivity contribution in [2.75, 3.05) is 7.11 Å². The Kier molecular flexibility index (Phi) is 3.60. The Morgan fingerprint density at radius 3 is 2.73 bits per heavy atom. The van der Waals surface area contributed by atoms with Crippen molar-refractivity contribution < 1.29 is 18.7 Å². The fraction of sp³-hybridized carbons (Fsp3) is 0.400. The van der Waals surface area contributed by atoms with E-state index < -0.39 is 11.9 Å². The zero-order chi connectivity index (χ0) is 11.4. The number of carbonyl (C=O) groups is 1. The molecule has 0 amide bonds. The lowest BCUT2D eigenvalue weighted by molar-refractivity contribution is 0.0593. The molecule has 0 aliphatic carbocycles.